The Hall–Kier alpha value is -4.35. The van der Waals surface area contributed by atoms with Gasteiger partial charge in [0.2, 0.25) is 0 Å². The summed E-state index contributed by atoms with van der Waals surface area (Å²) in [6.07, 6.45) is 1.41. The minimum absolute atomic E-state index is 0.117. The van der Waals surface area contributed by atoms with Crippen molar-refractivity contribution in [2.75, 3.05) is 11.9 Å². The van der Waals surface area contributed by atoms with Crippen molar-refractivity contribution in [3.8, 4) is 17.6 Å². The first kappa shape index (κ1) is 22.8. The molecule has 0 atom stereocenters. The van der Waals surface area contributed by atoms with Crippen LogP contribution in [0.1, 0.15) is 18.1 Å². The van der Waals surface area contributed by atoms with Gasteiger partial charge in [0.15, 0.2) is 5.75 Å². The van der Waals surface area contributed by atoms with Crippen LogP contribution in [0.5, 0.6) is 11.5 Å². The van der Waals surface area contributed by atoms with Gasteiger partial charge in [0.25, 0.3) is 0 Å². The van der Waals surface area contributed by atoms with Crippen molar-refractivity contribution in [2.24, 2.45) is 0 Å². The Kier molecular flexibility index (Phi) is 6.76. The molecule has 0 aliphatic rings. The second-order valence-corrected chi connectivity index (χ2v) is 7.64. The van der Waals surface area contributed by atoms with Gasteiger partial charge in [-0.05, 0) is 30.7 Å². The van der Waals surface area contributed by atoms with Crippen LogP contribution in [0, 0.1) is 21.4 Å². The van der Waals surface area contributed by atoms with Gasteiger partial charge in [-0.2, -0.15) is 5.26 Å². The van der Waals surface area contributed by atoms with E-state index in [1.807, 2.05) is 30.3 Å². The molecule has 1 N–H and O–H groups in total. The molecular weight excluding hydrogens is 456 g/mol. The number of nitro benzene ring substituents is 1. The molecule has 0 aliphatic heterocycles. The Morgan fingerprint density at radius 1 is 1.12 bits per heavy atom. The van der Waals surface area contributed by atoms with Gasteiger partial charge >= 0.3 is 5.69 Å². The van der Waals surface area contributed by atoms with Gasteiger partial charge in [0.05, 0.1) is 33.3 Å². The second kappa shape index (κ2) is 10.1. The number of fused-ring (bicyclic) bond motifs is 1. The molecule has 0 aliphatic carbocycles. The molecule has 0 spiro atoms. The Balaban J connectivity index is 1.68. The van der Waals surface area contributed by atoms with E-state index in [-0.39, 0.29) is 23.6 Å². The molecule has 1 heterocycles. The third-order valence-corrected chi connectivity index (χ3v) is 5.30. The fourth-order valence-electron chi connectivity index (χ4n) is 3.42. The van der Waals surface area contributed by atoms with E-state index in [9.17, 15) is 15.4 Å². The highest BCUT2D eigenvalue weighted by Gasteiger charge is 2.20. The number of halogens is 1. The molecule has 170 valence electrons. The zero-order valence-corrected chi connectivity index (χ0v) is 18.9. The average molecular weight is 475 g/mol. The summed E-state index contributed by atoms with van der Waals surface area (Å²) in [5.41, 5.74) is 2.44. The number of benzene rings is 3. The summed E-state index contributed by atoms with van der Waals surface area (Å²) in [5, 5.41) is 25.2. The molecule has 8 nitrogen and oxygen atoms in total. The van der Waals surface area contributed by atoms with Crippen molar-refractivity contribution in [2.45, 2.75) is 13.5 Å². The van der Waals surface area contributed by atoms with Crippen LogP contribution in [0.25, 0.3) is 10.9 Å². The molecule has 0 fully saturated rings. The third kappa shape index (κ3) is 4.85. The molecule has 3 aromatic carbocycles. The Morgan fingerprint density at radius 2 is 1.91 bits per heavy atom. The lowest BCUT2D eigenvalue weighted by atomic mass is 10.1. The summed E-state index contributed by atoms with van der Waals surface area (Å²) in [5.74, 6) is 0.624. The van der Waals surface area contributed by atoms with Gasteiger partial charge in [-0.15, -0.1) is 0 Å². The number of ether oxygens (including phenoxy) is 2. The van der Waals surface area contributed by atoms with E-state index in [4.69, 9.17) is 21.1 Å². The van der Waals surface area contributed by atoms with Crippen LogP contribution in [0.2, 0.25) is 5.02 Å². The molecule has 9 heteroatoms. The monoisotopic (exact) mass is 474 g/mol. The number of hydrogen-bond acceptors (Lipinski definition) is 7. The first-order chi connectivity index (χ1) is 16.5. The van der Waals surface area contributed by atoms with Crippen molar-refractivity contribution in [1.82, 2.24) is 4.98 Å². The smallest absolute Gasteiger partial charge is 0.311 e. The Bertz CT molecular complexity index is 1400. The molecule has 0 saturated carbocycles. The number of nitro groups is 1. The van der Waals surface area contributed by atoms with Crippen molar-refractivity contribution in [3.63, 3.8) is 0 Å². The van der Waals surface area contributed by atoms with E-state index in [0.717, 1.165) is 5.56 Å². The third-order valence-electron chi connectivity index (χ3n) is 5.00. The second-order valence-electron chi connectivity index (χ2n) is 7.23. The highest BCUT2D eigenvalue weighted by atomic mass is 35.5. The topological polar surface area (TPSA) is 110 Å². The summed E-state index contributed by atoms with van der Waals surface area (Å²) < 4.78 is 11.2. The fraction of sp³-hybridized carbons (Fsp3) is 0.120. The van der Waals surface area contributed by atoms with Gasteiger partial charge in [0.1, 0.15) is 18.4 Å². The molecule has 0 amide bonds. The van der Waals surface area contributed by atoms with Crippen LogP contribution >= 0.6 is 11.6 Å². The Morgan fingerprint density at radius 3 is 2.59 bits per heavy atom. The largest absolute Gasteiger partial charge is 0.487 e. The molecule has 0 bridgehead atoms. The van der Waals surface area contributed by atoms with E-state index < -0.39 is 4.92 Å². The maximum Gasteiger partial charge on any atom is 0.311 e. The molecule has 0 unspecified atom stereocenters. The predicted molar refractivity (Wildman–Crippen MR) is 130 cm³/mol. The van der Waals surface area contributed by atoms with Crippen molar-refractivity contribution in [1.29, 1.82) is 5.26 Å². The molecule has 1 aromatic heterocycles. The summed E-state index contributed by atoms with van der Waals surface area (Å²) in [6, 6.07) is 19.8. The quantitative estimate of drug-likeness (QED) is 0.232. The number of nitrogens with one attached hydrogen (secondary N) is 1. The fourth-order valence-corrected chi connectivity index (χ4v) is 3.65. The molecule has 0 saturated heterocycles. The van der Waals surface area contributed by atoms with E-state index in [0.29, 0.717) is 39.7 Å². The number of nitriles is 1. The first-order valence-electron chi connectivity index (χ1n) is 10.4. The van der Waals surface area contributed by atoms with Crippen molar-refractivity contribution < 1.29 is 14.4 Å². The van der Waals surface area contributed by atoms with Crippen molar-refractivity contribution >= 4 is 39.6 Å². The predicted octanol–water partition coefficient (Wildman–Crippen LogP) is 6.39. The lowest BCUT2D eigenvalue weighted by molar-refractivity contribution is -0.385. The zero-order valence-electron chi connectivity index (χ0n) is 18.1. The number of aromatic nitrogens is 1. The highest BCUT2D eigenvalue weighted by Crippen LogP contribution is 2.38. The summed E-state index contributed by atoms with van der Waals surface area (Å²) in [6.45, 7) is 2.38. The normalized spacial score (nSPS) is 10.5. The van der Waals surface area contributed by atoms with E-state index >= 15 is 0 Å². The Labute approximate surface area is 200 Å². The van der Waals surface area contributed by atoms with E-state index in [1.54, 1.807) is 25.1 Å². The van der Waals surface area contributed by atoms with Gasteiger partial charge in [-0.25, -0.2) is 0 Å². The molecule has 0 radical (unpaired) electrons. The molecule has 34 heavy (non-hydrogen) atoms. The van der Waals surface area contributed by atoms with Gasteiger partial charge < -0.3 is 14.8 Å². The summed E-state index contributed by atoms with van der Waals surface area (Å²) >= 11 is 6.43. The summed E-state index contributed by atoms with van der Waals surface area (Å²) in [4.78, 5) is 15.3. The number of hydrogen-bond donors (Lipinski definition) is 1. The molecule has 4 rings (SSSR count). The maximum absolute atomic E-state index is 11.6. The van der Waals surface area contributed by atoms with Gasteiger partial charge in [-0.1, -0.05) is 41.9 Å². The molecular formula is C25H19ClN4O4. The van der Waals surface area contributed by atoms with E-state index in [1.165, 1.54) is 18.3 Å². The van der Waals surface area contributed by atoms with Crippen molar-refractivity contribution in [3.05, 3.63) is 93.1 Å². The number of pyridine rings is 1. The zero-order chi connectivity index (χ0) is 24.1. The minimum Gasteiger partial charge on any atom is -0.487 e. The number of anilines is 2. The van der Waals surface area contributed by atoms with Crippen LogP contribution in [0.15, 0.2) is 66.9 Å². The van der Waals surface area contributed by atoms with Crippen LogP contribution in [0.3, 0.4) is 0 Å². The first-order valence-corrected chi connectivity index (χ1v) is 10.7. The van der Waals surface area contributed by atoms with Crippen LogP contribution in [-0.4, -0.2) is 16.5 Å². The standard InChI is InChI=1S/C25H19ClN4O4/c1-2-33-24-12-21-19(11-22(24)30(31)32)25(17(13-27)14-28-21)29-18-8-9-23(20(26)10-18)34-15-16-6-4-3-5-7-16/h3-12,14H,2,15H2,1H3,(H,28,29). The lowest BCUT2D eigenvalue weighted by Crippen LogP contribution is -2.01. The SMILES string of the molecule is CCOc1cc2ncc(C#N)c(Nc3ccc(OCc4ccccc4)c(Cl)c3)c2cc1[N+](=O)[O-]. The van der Waals surface area contributed by atoms with Gasteiger partial charge in [0, 0.05) is 29.4 Å². The minimum atomic E-state index is -0.525. The lowest BCUT2D eigenvalue weighted by Gasteiger charge is -2.14. The van der Waals surface area contributed by atoms with Crippen LogP contribution in [-0.2, 0) is 6.61 Å². The number of rotatable bonds is 8. The average Bonchev–Trinajstić information content (AvgIpc) is 2.84. The van der Waals surface area contributed by atoms with Gasteiger partial charge in [-0.3, -0.25) is 15.1 Å². The van der Waals surface area contributed by atoms with E-state index in [2.05, 4.69) is 16.4 Å². The number of nitrogens with zero attached hydrogens (tertiary/aromatic N) is 3. The van der Waals surface area contributed by atoms with Crippen LogP contribution in [0.4, 0.5) is 17.1 Å². The summed E-state index contributed by atoms with van der Waals surface area (Å²) in [7, 11) is 0. The highest BCUT2D eigenvalue weighted by molar-refractivity contribution is 6.32. The van der Waals surface area contributed by atoms with Crippen LogP contribution < -0.4 is 14.8 Å². The maximum atomic E-state index is 11.6. The molecule has 4 aromatic rings.